The van der Waals surface area contributed by atoms with Gasteiger partial charge >= 0.3 is 0 Å². The van der Waals surface area contributed by atoms with Gasteiger partial charge in [-0.2, -0.15) is 0 Å². The summed E-state index contributed by atoms with van der Waals surface area (Å²) in [4.78, 5) is 0. The minimum absolute atomic E-state index is 0.552. The minimum atomic E-state index is 0.552. The molecule has 10 heavy (non-hydrogen) atoms. The fraction of sp³-hybridized carbons (Fsp3) is 1.00. The zero-order valence-electron chi connectivity index (χ0n) is 7.78. The molecule has 0 bridgehead atoms. The fourth-order valence-electron chi connectivity index (χ4n) is 2.15. The smallest absolute Gasteiger partial charge is 0.0340 e. The monoisotopic (exact) mass is 140 g/mol. The van der Waals surface area contributed by atoms with E-state index in [1.54, 1.807) is 0 Å². The van der Waals surface area contributed by atoms with Crippen LogP contribution < -0.4 is 0 Å². The molecule has 0 aromatic heterocycles. The molecular formula is C10H20. The lowest BCUT2D eigenvalue weighted by Crippen LogP contribution is -2.21. The van der Waals surface area contributed by atoms with E-state index in [4.69, 9.17) is 0 Å². The molecule has 0 amide bonds. The summed E-state index contributed by atoms with van der Waals surface area (Å²) in [6.45, 7) is 9.45. The van der Waals surface area contributed by atoms with E-state index < -0.39 is 0 Å². The molecule has 0 N–H and O–H groups in total. The fourth-order valence-corrected chi connectivity index (χ4v) is 2.15. The lowest BCUT2D eigenvalue weighted by molar-refractivity contribution is 0.204. The molecule has 1 aliphatic carbocycles. The third-order valence-electron chi connectivity index (χ3n) is 2.74. The van der Waals surface area contributed by atoms with Crippen molar-refractivity contribution in [1.82, 2.24) is 0 Å². The molecule has 60 valence electrons. The summed E-state index contributed by atoms with van der Waals surface area (Å²) in [7, 11) is 0. The Hall–Kier alpha value is 0. The van der Waals surface area contributed by atoms with Gasteiger partial charge in [0, 0.05) is 0 Å². The first kappa shape index (κ1) is 8.10. The zero-order chi connectivity index (χ0) is 7.78. The summed E-state index contributed by atoms with van der Waals surface area (Å²) in [5, 5.41) is 0. The quantitative estimate of drug-likeness (QED) is 0.551. The Balaban J connectivity index is 2.46. The van der Waals surface area contributed by atoms with Crippen LogP contribution in [0.4, 0.5) is 0 Å². The maximum Gasteiger partial charge on any atom is -0.0340 e. The Bertz CT molecular complexity index is 104. The normalized spacial score (nSPS) is 22.8. The van der Waals surface area contributed by atoms with Gasteiger partial charge in [-0.1, -0.05) is 34.1 Å². The van der Waals surface area contributed by atoms with Crippen molar-refractivity contribution < 1.29 is 0 Å². The van der Waals surface area contributed by atoms with Gasteiger partial charge in [0.05, 0.1) is 0 Å². The molecule has 0 aromatic rings. The highest BCUT2D eigenvalue weighted by Gasteiger charge is 2.36. The molecule has 0 nitrogen and oxygen atoms in total. The summed E-state index contributed by atoms with van der Waals surface area (Å²) in [6, 6.07) is 0. The Kier molecular flexibility index (Phi) is 2.07. The standard InChI is InChI=1S/C10H20/c1-5-9(8-6-7-8)10(2,3)4/h8-9H,5-7H2,1-4H3/t9-/m0/s1. The molecule has 0 aliphatic heterocycles. The molecule has 0 heteroatoms. The predicted molar refractivity (Wildman–Crippen MR) is 46.0 cm³/mol. The zero-order valence-corrected chi connectivity index (χ0v) is 7.78. The van der Waals surface area contributed by atoms with E-state index >= 15 is 0 Å². The molecule has 1 saturated carbocycles. The van der Waals surface area contributed by atoms with Gasteiger partial charge in [-0.15, -0.1) is 0 Å². The maximum absolute atomic E-state index is 2.37. The summed E-state index contributed by atoms with van der Waals surface area (Å²) in [6.07, 6.45) is 4.36. The van der Waals surface area contributed by atoms with Gasteiger partial charge in [-0.3, -0.25) is 0 Å². The van der Waals surface area contributed by atoms with Crippen LogP contribution >= 0.6 is 0 Å². The third-order valence-corrected chi connectivity index (χ3v) is 2.74. The van der Waals surface area contributed by atoms with Crippen LogP contribution in [0.2, 0.25) is 0 Å². The van der Waals surface area contributed by atoms with Gasteiger partial charge in [0.15, 0.2) is 0 Å². The molecule has 1 atom stereocenters. The average Bonchev–Trinajstić information content (AvgIpc) is 2.46. The highest BCUT2D eigenvalue weighted by Crippen LogP contribution is 2.46. The summed E-state index contributed by atoms with van der Waals surface area (Å²) < 4.78 is 0. The van der Waals surface area contributed by atoms with Crippen LogP contribution in [0.15, 0.2) is 0 Å². The van der Waals surface area contributed by atoms with E-state index in [1.807, 2.05) is 0 Å². The van der Waals surface area contributed by atoms with Gasteiger partial charge < -0.3 is 0 Å². The summed E-state index contributed by atoms with van der Waals surface area (Å²) in [5.74, 6) is 2.05. The van der Waals surface area contributed by atoms with Gasteiger partial charge in [-0.25, -0.2) is 0 Å². The van der Waals surface area contributed by atoms with Crippen LogP contribution in [0, 0.1) is 17.3 Å². The Morgan fingerprint density at radius 3 is 1.90 bits per heavy atom. The first-order valence-electron chi connectivity index (χ1n) is 4.55. The van der Waals surface area contributed by atoms with Crippen LogP contribution in [0.5, 0.6) is 0 Å². The average molecular weight is 140 g/mol. The van der Waals surface area contributed by atoms with E-state index in [9.17, 15) is 0 Å². The van der Waals surface area contributed by atoms with Crippen molar-refractivity contribution in [2.24, 2.45) is 17.3 Å². The molecule has 1 aliphatic rings. The third kappa shape index (κ3) is 1.74. The SMILES string of the molecule is CC[C@@H](C1CC1)C(C)(C)C. The van der Waals surface area contributed by atoms with Gasteiger partial charge in [0.2, 0.25) is 0 Å². The summed E-state index contributed by atoms with van der Waals surface area (Å²) in [5.41, 5.74) is 0.552. The number of hydrogen-bond acceptors (Lipinski definition) is 0. The first-order chi connectivity index (χ1) is 4.55. The van der Waals surface area contributed by atoms with Crippen LogP contribution in [-0.2, 0) is 0 Å². The molecular weight excluding hydrogens is 120 g/mol. The lowest BCUT2D eigenvalue weighted by Gasteiger charge is -2.29. The highest BCUT2D eigenvalue weighted by atomic mass is 14.4. The largest absolute Gasteiger partial charge is 0.0651 e. The molecule has 0 aromatic carbocycles. The highest BCUT2D eigenvalue weighted by molar-refractivity contribution is 4.87. The van der Waals surface area contributed by atoms with E-state index in [0.29, 0.717) is 5.41 Å². The van der Waals surface area contributed by atoms with Gasteiger partial charge in [-0.05, 0) is 30.1 Å². The molecule has 0 radical (unpaired) electrons. The molecule has 0 heterocycles. The van der Waals surface area contributed by atoms with Crippen molar-refractivity contribution >= 4 is 0 Å². The van der Waals surface area contributed by atoms with Crippen LogP contribution in [-0.4, -0.2) is 0 Å². The minimum Gasteiger partial charge on any atom is -0.0651 e. The van der Waals surface area contributed by atoms with E-state index in [0.717, 1.165) is 11.8 Å². The second-order valence-electron chi connectivity index (χ2n) is 4.72. The molecule has 0 spiro atoms. The van der Waals surface area contributed by atoms with E-state index in [2.05, 4.69) is 27.7 Å². The van der Waals surface area contributed by atoms with Crippen molar-refractivity contribution in [2.75, 3.05) is 0 Å². The topological polar surface area (TPSA) is 0 Å². The van der Waals surface area contributed by atoms with E-state index in [1.165, 1.54) is 19.3 Å². The Labute approximate surface area is 65.0 Å². The second-order valence-corrected chi connectivity index (χ2v) is 4.72. The predicted octanol–water partition coefficient (Wildman–Crippen LogP) is 3.47. The molecule has 1 fully saturated rings. The van der Waals surface area contributed by atoms with Gasteiger partial charge in [0.1, 0.15) is 0 Å². The molecule has 0 unspecified atom stereocenters. The van der Waals surface area contributed by atoms with Crippen molar-refractivity contribution in [2.45, 2.75) is 47.0 Å². The number of rotatable bonds is 2. The van der Waals surface area contributed by atoms with Gasteiger partial charge in [0.25, 0.3) is 0 Å². The van der Waals surface area contributed by atoms with Crippen LogP contribution in [0.1, 0.15) is 47.0 Å². The lowest BCUT2D eigenvalue weighted by atomic mass is 9.76. The Morgan fingerprint density at radius 1 is 1.30 bits per heavy atom. The Morgan fingerprint density at radius 2 is 1.80 bits per heavy atom. The summed E-state index contributed by atoms with van der Waals surface area (Å²) >= 11 is 0. The van der Waals surface area contributed by atoms with Crippen molar-refractivity contribution in [3.05, 3.63) is 0 Å². The first-order valence-corrected chi connectivity index (χ1v) is 4.55. The number of hydrogen-bond donors (Lipinski definition) is 0. The van der Waals surface area contributed by atoms with Crippen molar-refractivity contribution in [3.63, 3.8) is 0 Å². The molecule has 0 saturated heterocycles. The maximum atomic E-state index is 2.37. The van der Waals surface area contributed by atoms with Crippen molar-refractivity contribution in [3.8, 4) is 0 Å². The van der Waals surface area contributed by atoms with E-state index in [-0.39, 0.29) is 0 Å². The van der Waals surface area contributed by atoms with Crippen LogP contribution in [0.3, 0.4) is 0 Å². The molecule has 1 rings (SSSR count). The van der Waals surface area contributed by atoms with Crippen molar-refractivity contribution in [1.29, 1.82) is 0 Å². The van der Waals surface area contributed by atoms with Crippen LogP contribution in [0.25, 0.3) is 0 Å². The second kappa shape index (κ2) is 2.56.